The van der Waals surface area contributed by atoms with E-state index in [9.17, 15) is 0 Å². The predicted octanol–water partition coefficient (Wildman–Crippen LogP) is 3.14. The molecular formula is C16H27N3S. The first kappa shape index (κ1) is 15.6. The Labute approximate surface area is 127 Å². The van der Waals surface area contributed by atoms with Crippen LogP contribution in [0.5, 0.6) is 0 Å². The summed E-state index contributed by atoms with van der Waals surface area (Å²) in [5, 5.41) is 3.54. The van der Waals surface area contributed by atoms with Gasteiger partial charge in [-0.05, 0) is 32.4 Å². The number of anilines is 1. The van der Waals surface area contributed by atoms with Crippen molar-refractivity contribution in [3.8, 4) is 0 Å². The van der Waals surface area contributed by atoms with Crippen LogP contribution in [0, 0.1) is 13.8 Å². The zero-order chi connectivity index (χ0) is 14.7. The van der Waals surface area contributed by atoms with Gasteiger partial charge < -0.3 is 10.2 Å². The second kappa shape index (κ2) is 6.81. The summed E-state index contributed by atoms with van der Waals surface area (Å²) in [6.45, 7) is 13.0. The van der Waals surface area contributed by atoms with Crippen LogP contribution in [0.25, 0.3) is 0 Å². The molecule has 1 fully saturated rings. The van der Waals surface area contributed by atoms with Gasteiger partial charge in [0.15, 0.2) is 0 Å². The van der Waals surface area contributed by atoms with Crippen LogP contribution in [0.4, 0.5) is 5.82 Å². The average Bonchev–Trinajstić information content (AvgIpc) is 2.37. The predicted molar refractivity (Wildman–Crippen MR) is 89.8 cm³/mol. The van der Waals surface area contributed by atoms with E-state index in [0.29, 0.717) is 12.1 Å². The van der Waals surface area contributed by atoms with Gasteiger partial charge in [-0.25, -0.2) is 4.98 Å². The molecule has 4 heteroatoms. The molecule has 1 aliphatic rings. The van der Waals surface area contributed by atoms with Gasteiger partial charge in [0.1, 0.15) is 5.82 Å². The monoisotopic (exact) mass is 293 g/mol. The smallest absolute Gasteiger partial charge is 0.133 e. The molecule has 0 radical (unpaired) electrons. The Kier molecular flexibility index (Phi) is 5.33. The zero-order valence-electron chi connectivity index (χ0n) is 13.4. The fraction of sp³-hybridized carbons (Fsp3) is 0.688. The maximum atomic E-state index is 4.86. The van der Waals surface area contributed by atoms with Gasteiger partial charge in [0.05, 0.1) is 0 Å². The van der Waals surface area contributed by atoms with Crippen LogP contribution >= 0.6 is 11.8 Å². The fourth-order valence-electron chi connectivity index (χ4n) is 2.65. The number of hydrogen-bond donors (Lipinski definition) is 1. The van der Waals surface area contributed by atoms with Crippen LogP contribution in [0.2, 0.25) is 0 Å². The molecule has 1 aliphatic heterocycles. The molecule has 1 aromatic heterocycles. The lowest BCUT2D eigenvalue weighted by molar-refractivity contribution is 0.582. The normalized spacial score (nSPS) is 19.7. The van der Waals surface area contributed by atoms with E-state index < -0.39 is 0 Å². The van der Waals surface area contributed by atoms with Crippen molar-refractivity contribution in [2.24, 2.45) is 0 Å². The lowest BCUT2D eigenvalue weighted by atomic mass is 10.1. The van der Waals surface area contributed by atoms with Crippen molar-refractivity contribution in [2.75, 3.05) is 23.0 Å². The molecule has 20 heavy (non-hydrogen) atoms. The van der Waals surface area contributed by atoms with Crippen molar-refractivity contribution in [1.29, 1.82) is 0 Å². The number of pyridine rings is 1. The van der Waals surface area contributed by atoms with Crippen LogP contribution in [0.3, 0.4) is 0 Å². The van der Waals surface area contributed by atoms with E-state index >= 15 is 0 Å². The third kappa shape index (κ3) is 3.67. The van der Waals surface area contributed by atoms with Crippen molar-refractivity contribution in [1.82, 2.24) is 10.3 Å². The molecule has 112 valence electrons. The van der Waals surface area contributed by atoms with Crippen molar-refractivity contribution in [3.05, 3.63) is 22.9 Å². The Morgan fingerprint density at radius 3 is 2.85 bits per heavy atom. The van der Waals surface area contributed by atoms with Crippen molar-refractivity contribution in [2.45, 2.75) is 53.2 Å². The molecule has 0 saturated carbocycles. The Hall–Kier alpha value is -0.740. The Bertz CT molecular complexity index is 459. The maximum Gasteiger partial charge on any atom is 0.133 e. The molecule has 3 nitrogen and oxygen atoms in total. The van der Waals surface area contributed by atoms with Gasteiger partial charge in [-0.15, -0.1) is 0 Å². The molecule has 1 aromatic rings. The molecule has 0 aromatic carbocycles. The molecule has 1 unspecified atom stereocenters. The van der Waals surface area contributed by atoms with Crippen LogP contribution in [-0.4, -0.2) is 35.1 Å². The number of thioether (sulfide) groups is 1. The van der Waals surface area contributed by atoms with Gasteiger partial charge >= 0.3 is 0 Å². The SMILES string of the molecule is Cc1cc(C)c(CNC(C)C)c(N2CCSCC2C)n1. The molecule has 0 spiro atoms. The van der Waals surface area contributed by atoms with E-state index in [1.165, 1.54) is 28.5 Å². The Balaban J connectivity index is 2.33. The van der Waals surface area contributed by atoms with Gasteiger partial charge in [-0.2, -0.15) is 11.8 Å². The summed E-state index contributed by atoms with van der Waals surface area (Å²) < 4.78 is 0. The largest absolute Gasteiger partial charge is 0.352 e. The first-order chi connectivity index (χ1) is 9.49. The minimum atomic E-state index is 0.498. The van der Waals surface area contributed by atoms with Crippen LogP contribution in [-0.2, 0) is 6.54 Å². The minimum absolute atomic E-state index is 0.498. The van der Waals surface area contributed by atoms with E-state index in [4.69, 9.17) is 4.98 Å². The third-order valence-corrected chi connectivity index (χ3v) is 4.97. The van der Waals surface area contributed by atoms with Gasteiger partial charge in [0.25, 0.3) is 0 Å². The van der Waals surface area contributed by atoms with Crippen molar-refractivity contribution >= 4 is 17.6 Å². The van der Waals surface area contributed by atoms with E-state index in [1.807, 2.05) is 11.8 Å². The molecule has 1 saturated heterocycles. The van der Waals surface area contributed by atoms with Gasteiger partial charge in [0, 0.05) is 47.9 Å². The summed E-state index contributed by atoms with van der Waals surface area (Å²) in [4.78, 5) is 7.36. The molecule has 0 amide bonds. The summed E-state index contributed by atoms with van der Waals surface area (Å²) in [6, 6.07) is 3.27. The summed E-state index contributed by atoms with van der Waals surface area (Å²) in [5.41, 5.74) is 3.84. The number of hydrogen-bond acceptors (Lipinski definition) is 4. The molecule has 2 rings (SSSR count). The molecule has 1 atom stereocenters. The Morgan fingerprint density at radius 1 is 1.45 bits per heavy atom. The van der Waals surface area contributed by atoms with E-state index in [2.05, 4.69) is 50.9 Å². The molecular weight excluding hydrogens is 266 g/mol. The number of rotatable bonds is 4. The third-order valence-electron chi connectivity index (χ3n) is 3.78. The first-order valence-corrected chi connectivity index (χ1v) is 8.69. The first-order valence-electron chi connectivity index (χ1n) is 7.54. The van der Waals surface area contributed by atoms with E-state index in [1.54, 1.807) is 0 Å². The highest BCUT2D eigenvalue weighted by molar-refractivity contribution is 7.99. The minimum Gasteiger partial charge on any atom is -0.352 e. The molecule has 0 bridgehead atoms. The lowest BCUT2D eigenvalue weighted by Gasteiger charge is -2.36. The molecule has 0 aliphatic carbocycles. The Morgan fingerprint density at radius 2 is 2.20 bits per heavy atom. The lowest BCUT2D eigenvalue weighted by Crippen LogP contribution is -2.42. The highest BCUT2D eigenvalue weighted by atomic mass is 32.2. The zero-order valence-corrected chi connectivity index (χ0v) is 14.2. The van der Waals surface area contributed by atoms with Crippen molar-refractivity contribution in [3.63, 3.8) is 0 Å². The van der Waals surface area contributed by atoms with E-state index in [-0.39, 0.29) is 0 Å². The highest BCUT2D eigenvalue weighted by Gasteiger charge is 2.23. The number of nitrogens with zero attached hydrogens (tertiary/aromatic N) is 2. The topological polar surface area (TPSA) is 28.2 Å². The number of aromatic nitrogens is 1. The average molecular weight is 293 g/mol. The molecule has 2 heterocycles. The maximum absolute atomic E-state index is 4.86. The quantitative estimate of drug-likeness (QED) is 0.923. The summed E-state index contributed by atoms with van der Waals surface area (Å²) in [5.74, 6) is 3.60. The second-order valence-corrected chi connectivity index (χ2v) is 7.19. The van der Waals surface area contributed by atoms with Crippen molar-refractivity contribution < 1.29 is 0 Å². The summed E-state index contributed by atoms with van der Waals surface area (Å²) >= 11 is 2.05. The van der Waals surface area contributed by atoms with Crippen LogP contribution in [0.1, 0.15) is 37.6 Å². The van der Waals surface area contributed by atoms with Crippen LogP contribution in [0.15, 0.2) is 6.07 Å². The van der Waals surface area contributed by atoms with Crippen LogP contribution < -0.4 is 10.2 Å². The second-order valence-electron chi connectivity index (χ2n) is 6.04. The highest BCUT2D eigenvalue weighted by Crippen LogP contribution is 2.28. The summed E-state index contributed by atoms with van der Waals surface area (Å²) in [7, 11) is 0. The van der Waals surface area contributed by atoms with Gasteiger partial charge in [-0.1, -0.05) is 13.8 Å². The van der Waals surface area contributed by atoms with Gasteiger partial charge in [-0.3, -0.25) is 0 Å². The number of nitrogens with one attached hydrogen (secondary N) is 1. The fourth-order valence-corrected chi connectivity index (χ4v) is 3.66. The molecule has 1 N–H and O–H groups in total. The summed E-state index contributed by atoms with van der Waals surface area (Å²) in [6.07, 6.45) is 0. The van der Waals surface area contributed by atoms with E-state index in [0.717, 1.165) is 18.8 Å². The van der Waals surface area contributed by atoms with Gasteiger partial charge in [0.2, 0.25) is 0 Å². The standard InChI is InChI=1S/C16H27N3S/c1-11(2)17-9-15-12(3)8-13(4)18-16(15)19-6-7-20-10-14(19)5/h8,11,14,17H,6-7,9-10H2,1-5H3. The number of aryl methyl sites for hydroxylation is 2.